The van der Waals surface area contributed by atoms with E-state index in [1.807, 2.05) is 16.8 Å². The molecule has 1 aliphatic rings. The van der Waals surface area contributed by atoms with Gasteiger partial charge in [-0.3, -0.25) is 4.90 Å². The Morgan fingerprint density at radius 2 is 1.70 bits per heavy atom. The number of nitrogens with zero attached hydrogens (tertiary/aromatic N) is 6. The number of hydrogen-bond acceptors (Lipinski definition) is 6. The number of rotatable bonds is 6. The van der Waals surface area contributed by atoms with Gasteiger partial charge in [-0.1, -0.05) is 35.9 Å². The molecule has 1 atom stereocenters. The van der Waals surface area contributed by atoms with Crippen molar-refractivity contribution in [3.63, 3.8) is 0 Å². The molecule has 0 spiro atoms. The van der Waals surface area contributed by atoms with Crippen molar-refractivity contribution in [1.29, 1.82) is 0 Å². The van der Waals surface area contributed by atoms with E-state index in [0.717, 1.165) is 37.7 Å². The topological polar surface area (TPSA) is 50.1 Å². The smallest absolute Gasteiger partial charge is 0.173 e. The largest absolute Gasteiger partial charge is 0.369 e. The van der Waals surface area contributed by atoms with Crippen molar-refractivity contribution < 1.29 is 4.39 Å². The second-order valence-electron chi connectivity index (χ2n) is 8.09. The van der Waals surface area contributed by atoms with Crippen LogP contribution < -0.4 is 4.90 Å². The van der Waals surface area contributed by atoms with E-state index in [1.165, 1.54) is 28.1 Å². The standard InChI is InChI=1S/C24H25FN6S.ClH/c1-18-4-6-19(7-5-18)23(24-26-27-28-31(24)17-22-3-2-16-32-22)30-14-12-29(13-15-30)21-10-8-20(25)9-11-21;/h2-11,16,23H,12-15,17H2,1H3;1H. The molecule has 0 aliphatic carbocycles. The lowest BCUT2D eigenvalue weighted by Crippen LogP contribution is -2.48. The molecule has 0 bridgehead atoms. The van der Waals surface area contributed by atoms with Crippen molar-refractivity contribution in [1.82, 2.24) is 25.1 Å². The van der Waals surface area contributed by atoms with Gasteiger partial charge in [-0.2, -0.15) is 0 Å². The zero-order valence-electron chi connectivity index (χ0n) is 18.3. The van der Waals surface area contributed by atoms with Crippen LogP contribution in [-0.4, -0.2) is 51.3 Å². The molecule has 33 heavy (non-hydrogen) atoms. The van der Waals surface area contributed by atoms with Crippen molar-refractivity contribution >= 4 is 29.4 Å². The third-order valence-corrected chi connectivity index (χ3v) is 6.82. The summed E-state index contributed by atoms with van der Waals surface area (Å²) in [5.41, 5.74) is 3.47. The molecular weight excluding hydrogens is 459 g/mol. The normalized spacial score (nSPS) is 15.3. The zero-order valence-corrected chi connectivity index (χ0v) is 20.0. The quantitative estimate of drug-likeness (QED) is 0.401. The predicted octanol–water partition coefficient (Wildman–Crippen LogP) is 4.56. The number of aromatic nitrogens is 4. The maximum atomic E-state index is 13.3. The minimum Gasteiger partial charge on any atom is -0.369 e. The molecule has 2 aromatic heterocycles. The molecule has 0 radical (unpaired) electrons. The fourth-order valence-corrected chi connectivity index (χ4v) is 4.92. The van der Waals surface area contributed by atoms with Crippen LogP contribution in [0.15, 0.2) is 66.0 Å². The summed E-state index contributed by atoms with van der Waals surface area (Å²) in [6.45, 7) is 6.21. The van der Waals surface area contributed by atoms with Gasteiger partial charge >= 0.3 is 0 Å². The van der Waals surface area contributed by atoms with Crippen LogP contribution in [-0.2, 0) is 6.54 Å². The fraction of sp³-hybridized carbons (Fsp3) is 0.292. The number of anilines is 1. The van der Waals surface area contributed by atoms with E-state index in [9.17, 15) is 4.39 Å². The highest BCUT2D eigenvalue weighted by Gasteiger charge is 2.30. The lowest BCUT2D eigenvalue weighted by molar-refractivity contribution is 0.201. The minimum absolute atomic E-state index is 0. The van der Waals surface area contributed by atoms with Gasteiger partial charge in [-0.05, 0) is 58.6 Å². The minimum atomic E-state index is -0.204. The summed E-state index contributed by atoms with van der Waals surface area (Å²) >= 11 is 1.71. The molecule has 0 saturated carbocycles. The number of aryl methyl sites for hydroxylation is 1. The molecule has 0 amide bonds. The Morgan fingerprint density at radius 1 is 0.970 bits per heavy atom. The van der Waals surface area contributed by atoms with E-state index < -0.39 is 0 Å². The molecule has 5 rings (SSSR count). The maximum absolute atomic E-state index is 13.3. The average molecular weight is 485 g/mol. The molecule has 0 N–H and O–H groups in total. The highest BCUT2D eigenvalue weighted by atomic mass is 35.5. The van der Waals surface area contributed by atoms with E-state index in [2.05, 4.69) is 74.0 Å². The molecular formula is C24H26ClFN6S. The molecule has 9 heteroatoms. The van der Waals surface area contributed by atoms with Gasteiger partial charge in [0.2, 0.25) is 0 Å². The van der Waals surface area contributed by atoms with Crippen LogP contribution in [0.3, 0.4) is 0 Å². The Balaban J connectivity index is 0.00000259. The number of halogens is 2. The monoisotopic (exact) mass is 484 g/mol. The Morgan fingerprint density at radius 3 is 2.36 bits per heavy atom. The Labute approximate surface area is 203 Å². The summed E-state index contributed by atoms with van der Waals surface area (Å²) in [7, 11) is 0. The van der Waals surface area contributed by atoms with Crippen LogP contribution in [0.25, 0.3) is 0 Å². The summed E-state index contributed by atoms with van der Waals surface area (Å²) in [4.78, 5) is 5.97. The van der Waals surface area contributed by atoms with Crippen LogP contribution >= 0.6 is 23.7 Å². The van der Waals surface area contributed by atoms with Crippen molar-refractivity contribution in [2.75, 3.05) is 31.1 Å². The first-order valence-electron chi connectivity index (χ1n) is 10.8. The number of tetrazole rings is 1. The predicted molar refractivity (Wildman–Crippen MR) is 132 cm³/mol. The lowest BCUT2D eigenvalue weighted by Gasteiger charge is -2.40. The van der Waals surface area contributed by atoms with Gasteiger partial charge in [0.1, 0.15) is 5.82 Å². The van der Waals surface area contributed by atoms with Gasteiger partial charge < -0.3 is 4.90 Å². The van der Waals surface area contributed by atoms with Crippen LogP contribution in [0.2, 0.25) is 0 Å². The van der Waals surface area contributed by atoms with Crippen LogP contribution in [0.5, 0.6) is 0 Å². The molecule has 1 unspecified atom stereocenters. The highest BCUT2D eigenvalue weighted by molar-refractivity contribution is 7.09. The summed E-state index contributed by atoms with van der Waals surface area (Å²) in [6.07, 6.45) is 0. The van der Waals surface area contributed by atoms with E-state index in [-0.39, 0.29) is 24.3 Å². The van der Waals surface area contributed by atoms with Crippen molar-refractivity contribution in [2.24, 2.45) is 0 Å². The molecule has 3 heterocycles. The van der Waals surface area contributed by atoms with Gasteiger partial charge in [-0.25, -0.2) is 9.07 Å². The molecule has 1 saturated heterocycles. The number of thiophene rings is 1. The van der Waals surface area contributed by atoms with E-state index in [1.54, 1.807) is 11.3 Å². The first kappa shape index (κ1) is 23.4. The molecule has 2 aromatic carbocycles. The Bertz CT molecular complexity index is 1140. The number of benzene rings is 2. The maximum Gasteiger partial charge on any atom is 0.173 e. The summed E-state index contributed by atoms with van der Waals surface area (Å²) in [5, 5.41) is 14.9. The zero-order chi connectivity index (χ0) is 21.9. The summed E-state index contributed by atoms with van der Waals surface area (Å²) in [6, 6.07) is 19.5. The summed E-state index contributed by atoms with van der Waals surface area (Å²) < 4.78 is 15.2. The van der Waals surface area contributed by atoms with Gasteiger partial charge in [0.25, 0.3) is 0 Å². The molecule has 4 aromatic rings. The first-order valence-corrected chi connectivity index (χ1v) is 11.6. The Kier molecular flexibility index (Phi) is 7.37. The number of hydrogen-bond donors (Lipinski definition) is 0. The van der Waals surface area contributed by atoms with Gasteiger partial charge in [0.15, 0.2) is 5.82 Å². The molecule has 1 aliphatic heterocycles. The highest BCUT2D eigenvalue weighted by Crippen LogP contribution is 2.30. The van der Waals surface area contributed by atoms with E-state index in [4.69, 9.17) is 0 Å². The van der Waals surface area contributed by atoms with Crippen LogP contribution in [0, 0.1) is 12.7 Å². The van der Waals surface area contributed by atoms with Gasteiger partial charge in [0.05, 0.1) is 12.6 Å². The molecule has 6 nitrogen and oxygen atoms in total. The lowest BCUT2D eigenvalue weighted by atomic mass is 10.0. The number of piperazine rings is 1. The Hall–Kier alpha value is -2.81. The van der Waals surface area contributed by atoms with Crippen molar-refractivity contribution in [2.45, 2.75) is 19.5 Å². The molecule has 1 fully saturated rings. The van der Waals surface area contributed by atoms with Gasteiger partial charge in [-0.15, -0.1) is 28.8 Å². The van der Waals surface area contributed by atoms with Crippen molar-refractivity contribution in [3.8, 4) is 0 Å². The average Bonchev–Trinajstić information content (AvgIpc) is 3.49. The van der Waals surface area contributed by atoms with E-state index >= 15 is 0 Å². The third-order valence-electron chi connectivity index (χ3n) is 5.95. The third kappa shape index (κ3) is 5.24. The first-order chi connectivity index (χ1) is 15.7. The van der Waals surface area contributed by atoms with Crippen LogP contribution in [0.1, 0.15) is 27.9 Å². The van der Waals surface area contributed by atoms with Gasteiger partial charge in [0, 0.05) is 36.7 Å². The second-order valence-corrected chi connectivity index (χ2v) is 9.12. The summed E-state index contributed by atoms with van der Waals surface area (Å²) in [5.74, 6) is 0.655. The van der Waals surface area contributed by atoms with E-state index in [0.29, 0.717) is 6.54 Å². The molecule has 172 valence electrons. The van der Waals surface area contributed by atoms with Crippen LogP contribution in [0.4, 0.5) is 10.1 Å². The second kappa shape index (κ2) is 10.4. The SMILES string of the molecule is Cc1ccc(C(c2nnnn2Cc2cccs2)N2CCN(c3ccc(F)cc3)CC2)cc1.Cl. The fourth-order valence-electron chi connectivity index (χ4n) is 4.23. The van der Waals surface area contributed by atoms with Crippen molar-refractivity contribution in [3.05, 3.63) is 93.7 Å².